The summed E-state index contributed by atoms with van der Waals surface area (Å²) < 4.78 is 1.51. The van der Waals surface area contributed by atoms with Crippen LogP contribution in [0.4, 0.5) is 0 Å². The van der Waals surface area contributed by atoms with Crippen molar-refractivity contribution in [1.82, 2.24) is 4.57 Å². The molecule has 0 spiro atoms. The van der Waals surface area contributed by atoms with Crippen LogP contribution < -0.4 is 11.3 Å². The molecule has 0 bridgehead atoms. The number of rotatable bonds is 4. The Hall–Kier alpha value is -2.16. The van der Waals surface area contributed by atoms with E-state index in [2.05, 4.69) is 0 Å². The van der Waals surface area contributed by atoms with Crippen LogP contribution in [0.5, 0.6) is 0 Å². The lowest BCUT2D eigenvalue weighted by atomic mass is 10.1. The van der Waals surface area contributed by atoms with E-state index in [1.54, 1.807) is 18.2 Å². The molecule has 0 saturated carbocycles. The van der Waals surface area contributed by atoms with Gasteiger partial charge >= 0.3 is 0 Å². The zero-order valence-corrected chi connectivity index (χ0v) is 12.6. The Kier molecular flexibility index (Phi) is 4.73. The molecule has 1 aromatic heterocycles. The highest BCUT2D eigenvalue weighted by atomic mass is 35.5. The van der Waals surface area contributed by atoms with Crippen molar-refractivity contribution in [3.05, 3.63) is 57.3 Å². The first-order chi connectivity index (χ1) is 10.0. The number of aromatic nitrogens is 1. The van der Waals surface area contributed by atoms with E-state index < -0.39 is 0 Å². The Morgan fingerprint density at radius 2 is 1.95 bits per heavy atom. The molecule has 1 aromatic carbocycles. The Bertz CT molecular complexity index is 775. The number of nitrogens with zero attached hydrogens (tertiary/aromatic N) is 2. The third kappa shape index (κ3) is 3.48. The van der Waals surface area contributed by atoms with Gasteiger partial charge in [-0.05, 0) is 29.8 Å². The zero-order valence-electron chi connectivity index (χ0n) is 11.0. The van der Waals surface area contributed by atoms with Crippen molar-refractivity contribution in [2.24, 2.45) is 5.73 Å². The van der Waals surface area contributed by atoms with Crippen LogP contribution in [0.3, 0.4) is 0 Å². The molecule has 106 valence electrons. The summed E-state index contributed by atoms with van der Waals surface area (Å²) >= 11 is 10.7. The van der Waals surface area contributed by atoms with Gasteiger partial charge in [0.1, 0.15) is 11.6 Å². The maximum Gasteiger partial charge on any atom is 0.268 e. The summed E-state index contributed by atoms with van der Waals surface area (Å²) in [7, 11) is 0. The fourth-order valence-corrected chi connectivity index (χ4v) is 2.20. The first kappa shape index (κ1) is 15.2. The molecule has 0 radical (unpaired) electrons. The van der Waals surface area contributed by atoms with E-state index in [1.165, 1.54) is 10.6 Å². The van der Waals surface area contributed by atoms with Crippen molar-refractivity contribution < 1.29 is 0 Å². The van der Waals surface area contributed by atoms with Crippen LogP contribution in [0.2, 0.25) is 5.02 Å². The van der Waals surface area contributed by atoms with Crippen LogP contribution in [-0.2, 0) is 6.54 Å². The summed E-state index contributed by atoms with van der Waals surface area (Å²) in [5.41, 5.74) is 6.79. The maximum absolute atomic E-state index is 12.3. The predicted octanol–water partition coefficient (Wildman–Crippen LogP) is 2.72. The maximum atomic E-state index is 12.3. The van der Waals surface area contributed by atoms with Crippen LogP contribution in [0.25, 0.3) is 11.3 Å². The summed E-state index contributed by atoms with van der Waals surface area (Å²) in [6.07, 6.45) is 0.394. The van der Waals surface area contributed by atoms with Gasteiger partial charge in [0.25, 0.3) is 5.56 Å². The standard InChI is InChI=1S/C15H12ClN3OS/c16-12-4-1-10(2-5-12)13-6-3-11(9-17)15(20)19(13)8-7-14(18)21/h1-6H,7-8H2,(H2,18,21). The lowest BCUT2D eigenvalue weighted by Crippen LogP contribution is -2.26. The number of nitriles is 1. The molecule has 4 nitrogen and oxygen atoms in total. The number of benzene rings is 1. The van der Waals surface area contributed by atoms with E-state index in [9.17, 15) is 4.79 Å². The van der Waals surface area contributed by atoms with E-state index in [4.69, 9.17) is 34.8 Å². The van der Waals surface area contributed by atoms with Gasteiger partial charge in [0.2, 0.25) is 0 Å². The van der Waals surface area contributed by atoms with Gasteiger partial charge in [-0.15, -0.1) is 0 Å². The fraction of sp³-hybridized carbons (Fsp3) is 0.133. The molecule has 2 rings (SSSR count). The molecule has 21 heavy (non-hydrogen) atoms. The minimum atomic E-state index is -0.346. The molecule has 2 N–H and O–H groups in total. The van der Waals surface area contributed by atoms with Gasteiger partial charge in [-0.2, -0.15) is 5.26 Å². The Morgan fingerprint density at radius 3 is 2.52 bits per heavy atom. The van der Waals surface area contributed by atoms with Gasteiger partial charge in [0, 0.05) is 18.0 Å². The normalized spacial score (nSPS) is 10.1. The van der Waals surface area contributed by atoms with Crippen molar-refractivity contribution in [3.63, 3.8) is 0 Å². The van der Waals surface area contributed by atoms with Crippen molar-refractivity contribution in [2.45, 2.75) is 13.0 Å². The van der Waals surface area contributed by atoms with Crippen LogP contribution in [0.15, 0.2) is 41.2 Å². The van der Waals surface area contributed by atoms with E-state index in [-0.39, 0.29) is 11.1 Å². The first-order valence-electron chi connectivity index (χ1n) is 6.21. The van der Waals surface area contributed by atoms with Gasteiger partial charge in [0.05, 0.1) is 10.7 Å². The number of pyridine rings is 1. The number of hydrogen-bond donors (Lipinski definition) is 1. The monoisotopic (exact) mass is 317 g/mol. The summed E-state index contributed by atoms with van der Waals surface area (Å²) in [5, 5.41) is 9.60. The molecule has 2 aromatic rings. The van der Waals surface area contributed by atoms with Crippen molar-refractivity contribution >= 4 is 28.8 Å². The summed E-state index contributed by atoms with van der Waals surface area (Å²) in [6, 6.07) is 12.3. The van der Waals surface area contributed by atoms with Gasteiger partial charge in [-0.3, -0.25) is 4.79 Å². The van der Waals surface area contributed by atoms with Crippen LogP contribution in [0, 0.1) is 11.3 Å². The molecule has 0 aliphatic rings. The van der Waals surface area contributed by atoms with Gasteiger partial charge in [0.15, 0.2) is 0 Å². The van der Waals surface area contributed by atoms with Crippen molar-refractivity contribution in [3.8, 4) is 17.3 Å². The molecule has 0 atom stereocenters. The minimum Gasteiger partial charge on any atom is -0.393 e. The summed E-state index contributed by atoms with van der Waals surface area (Å²) in [4.78, 5) is 12.6. The third-order valence-corrected chi connectivity index (χ3v) is 3.47. The highest BCUT2D eigenvalue weighted by molar-refractivity contribution is 7.80. The lowest BCUT2D eigenvalue weighted by Gasteiger charge is -2.13. The van der Waals surface area contributed by atoms with Crippen LogP contribution >= 0.6 is 23.8 Å². The summed E-state index contributed by atoms with van der Waals surface area (Å²) in [5.74, 6) is 0. The van der Waals surface area contributed by atoms with Gasteiger partial charge in [-0.25, -0.2) is 0 Å². The zero-order chi connectivity index (χ0) is 15.4. The van der Waals surface area contributed by atoms with Crippen LogP contribution in [0.1, 0.15) is 12.0 Å². The smallest absolute Gasteiger partial charge is 0.268 e. The molecular weight excluding hydrogens is 306 g/mol. The van der Waals surface area contributed by atoms with E-state index in [0.717, 1.165) is 5.56 Å². The predicted molar refractivity (Wildman–Crippen MR) is 87.3 cm³/mol. The topological polar surface area (TPSA) is 71.8 Å². The Morgan fingerprint density at radius 1 is 1.29 bits per heavy atom. The molecule has 0 fully saturated rings. The Balaban J connectivity index is 2.57. The molecule has 0 amide bonds. The average molecular weight is 318 g/mol. The highest BCUT2D eigenvalue weighted by Gasteiger charge is 2.10. The molecule has 0 saturated heterocycles. The molecule has 6 heteroatoms. The number of nitrogens with two attached hydrogens (primary N) is 1. The second-order valence-electron chi connectivity index (χ2n) is 4.42. The molecule has 0 aliphatic carbocycles. The van der Waals surface area contributed by atoms with Crippen LogP contribution in [-0.4, -0.2) is 9.56 Å². The van der Waals surface area contributed by atoms with Crippen molar-refractivity contribution in [2.75, 3.05) is 0 Å². The number of hydrogen-bond acceptors (Lipinski definition) is 3. The Labute approximate surface area is 132 Å². The lowest BCUT2D eigenvalue weighted by molar-refractivity contribution is 0.702. The third-order valence-electron chi connectivity index (χ3n) is 3.02. The minimum absolute atomic E-state index is 0.0932. The quantitative estimate of drug-likeness (QED) is 0.880. The van der Waals surface area contributed by atoms with E-state index in [1.807, 2.05) is 18.2 Å². The number of halogens is 1. The second-order valence-corrected chi connectivity index (χ2v) is 5.38. The fourth-order valence-electron chi connectivity index (χ4n) is 1.98. The average Bonchev–Trinajstić information content (AvgIpc) is 2.46. The molecule has 1 heterocycles. The van der Waals surface area contributed by atoms with Crippen molar-refractivity contribution in [1.29, 1.82) is 5.26 Å². The largest absolute Gasteiger partial charge is 0.393 e. The van der Waals surface area contributed by atoms with Gasteiger partial charge in [-0.1, -0.05) is 36.0 Å². The highest BCUT2D eigenvalue weighted by Crippen LogP contribution is 2.21. The SMILES string of the molecule is N#Cc1ccc(-c2ccc(Cl)cc2)n(CCC(N)=S)c1=O. The van der Waals surface area contributed by atoms with E-state index in [0.29, 0.717) is 28.7 Å². The molecular formula is C15H12ClN3OS. The van der Waals surface area contributed by atoms with E-state index >= 15 is 0 Å². The molecule has 0 aliphatic heterocycles. The number of thiocarbonyl (C=S) groups is 1. The van der Waals surface area contributed by atoms with Gasteiger partial charge < -0.3 is 10.3 Å². The first-order valence-corrected chi connectivity index (χ1v) is 6.99. The summed E-state index contributed by atoms with van der Waals surface area (Å²) in [6.45, 7) is 0.335. The molecule has 0 unspecified atom stereocenters. The second kappa shape index (κ2) is 6.53.